The van der Waals surface area contributed by atoms with Crippen LogP contribution < -0.4 is 10.1 Å². The lowest BCUT2D eigenvalue weighted by molar-refractivity contribution is -0.274. The lowest BCUT2D eigenvalue weighted by Gasteiger charge is -2.09. The molecular weight excluding hydrogens is 351 g/mol. The van der Waals surface area contributed by atoms with Crippen LogP contribution in [0.4, 0.5) is 24.8 Å². The van der Waals surface area contributed by atoms with Crippen LogP contribution in [0.3, 0.4) is 0 Å². The molecule has 0 aliphatic rings. The Labute approximate surface area is 145 Å². The molecule has 136 valence electrons. The van der Waals surface area contributed by atoms with E-state index in [0.717, 1.165) is 5.56 Å². The van der Waals surface area contributed by atoms with Gasteiger partial charge in [0.25, 0.3) is 0 Å². The minimum atomic E-state index is -4.73. The number of hydrogen-bond donors (Lipinski definition) is 2. The Morgan fingerprint density at radius 3 is 2.58 bits per heavy atom. The Morgan fingerprint density at radius 2 is 1.92 bits per heavy atom. The third-order valence-corrected chi connectivity index (χ3v) is 3.47. The van der Waals surface area contributed by atoms with Gasteiger partial charge in [-0.05, 0) is 42.0 Å². The van der Waals surface area contributed by atoms with Gasteiger partial charge in [-0.2, -0.15) is 0 Å². The van der Waals surface area contributed by atoms with E-state index in [1.807, 2.05) is 0 Å². The number of ether oxygens (including phenoxy) is 2. The molecule has 0 unspecified atom stereocenters. The van der Waals surface area contributed by atoms with Gasteiger partial charge in [0, 0.05) is 5.69 Å². The quantitative estimate of drug-likeness (QED) is 0.670. The SMILES string of the molecule is COC(=O)Cc1ccc2nc(Nc3ccc(OC(F)(F)F)cc3)[nH]c2c1. The highest BCUT2D eigenvalue weighted by Crippen LogP contribution is 2.25. The lowest BCUT2D eigenvalue weighted by Crippen LogP contribution is -2.16. The maximum atomic E-state index is 12.2. The predicted molar refractivity (Wildman–Crippen MR) is 88.2 cm³/mol. The van der Waals surface area contributed by atoms with Crippen molar-refractivity contribution in [1.82, 2.24) is 9.97 Å². The van der Waals surface area contributed by atoms with E-state index in [0.29, 0.717) is 22.7 Å². The summed E-state index contributed by atoms with van der Waals surface area (Å²) in [5, 5.41) is 2.96. The third-order valence-electron chi connectivity index (χ3n) is 3.47. The van der Waals surface area contributed by atoms with Crippen LogP contribution in [0.1, 0.15) is 5.56 Å². The molecule has 1 aromatic heterocycles. The van der Waals surface area contributed by atoms with E-state index in [2.05, 4.69) is 24.8 Å². The first-order valence-electron chi connectivity index (χ1n) is 7.51. The van der Waals surface area contributed by atoms with Crippen molar-refractivity contribution in [2.45, 2.75) is 12.8 Å². The van der Waals surface area contributed by atoms with Gasteiger partial charge >= 0.3 is 12.3 Å². The van der Waals surface area contributed by atoms with E-state index in [4.69, 9.17) is 0 Å². The molecule has 2 N–H and O–H groups in total. The molecule has 0 amide bonds. The second-order valence-corrected chi connectivity index (χ2v) is 5.39. The summed E-state index contributed by atoms with van der Waals surface area (Å²) < 4.78 is 44.9. The molecule has 0 saturated carbocycles. The normalized spacial score (nSPS) is 11.4. The Balaban J connectivity index is 1.73. The van der Waals surface area contributed by atoms with Gasteiger partial charge in [0.05, 0.1) is 24.6 Å². The fraction of sp³-hybridized carbons (Fsp3) is 0.176. The zero-order chi connectivity index (χ0) is 18.7. The first-order valence-corrected chi connectivity index (χ1v) is 7.51. The Morgan fingerprint density at radius 1 is 1.19 bits per heavy atom. The number of nitrogens with one attached hydrogen (secondary N) is 2. The number of imidazole rings is 1. The maximum absolute atomic E-state index is 12.2. The molecule has 0 atom stereocenters. The van der Waals surface area contributed by atoms with E-state index < -0.39 is 6.36 Å². The molecule has 3 aromatic rings. The molecule has 0 fully saturated rings. The van der Waals surface area contributed by atoms with Gasteiger partial charge in [-0.15, -0.1) is 13.2 Å². The molecule has 0 bridgehead atoms. The maximum Gasteiger partial charge on any atom is 0.573 e. The minimum Gasteiger partial charge on any atom is -0.469 e. The lowest BCUT2D eigenvalue weighted by atomic mass is 10.1. The predicted octanol–water partition coefficient (Wildman–Crippen LogP) is 3.92. The standard InChI is InChI=1S/C17H14F3N3O3/c1-25-15(24)9-10-2-7-13-14(8-10)23-16(22-13)21-11-3-5-12(6-4-11)26-17(18,19)20/h2-8H,9H2,1H3,(H2,21,22,23). The van der Waals surface area contributed by atoms with Gasteiger partial charge in [0.2, 0.25) is 5.95 Å². The number of benzene rings is 2. The van der Waals surface area contributed by atoms with Crippen LogP contribution in [0.15, 0.2) is 42.5 Å². The molecule has 0 saturated heterocycles. The molecule has 0 aliphatic heterocycles. The number of carbonyl (C=O) groups is 1. The third kappa shape index (κ3) is 4.44. The second-order valence-electron chi connectivity index (χ2n) is 5.39. The number of aromatic nitrogens is 2. The molecule has 2 aromatic carbocycles. The highest BCUT2D eigenvalue weighted by Gasteiger charge is 2.30. The van der Waals surface area contributed by atoms with E-state index in [1.54, 1.807) is 18.2 Å². The Bertz CT molecular complexity index is 920. The van der Waals surface area contributed by atoms with Crippen LogP contribution in [0.5, 0.6) is 5.75 Å². The first kappa shape index (κ1) is 17.6. The molecule has 0 spiro atoms. The fourth-order valence-corrected chi connectivity index (χ4v) is 2.34. The highest BCUT2D eigenvalue weighted by molar-refractivity contribution is 5.81. The Hall–Kier alpha value is -3.23. The summed E-state index contributed by atoms with van der Waals surface area (Å²) in [7, 11) is 1.32. The highest BCUT2D eigenvalue weighted by atomic mass is 19.4. The molecule has 0 radical (unpaired) electrons. The van der Waals surface area contributed by atoms with Crippen molar-refractivity contribution < 1.29 is 27.4 Å². The molecule has 0 aliphatic carbocycles. The number of anilines is 2. The zero-order valence-corrected chi connectivity index (χ0v) is 13.6. The van der Waals surface area contributed by atoms with E-state index >= 15 is 0 Å². The summed E-state index contributed by atoms with van der Waals surface area (Å²) in [4.78, 5) is 18.7. The topological polar surface area (TPSA) is 76.2 Å². The van der Waals surface area contributed by atoms with Gasteiger partial charge in [-0.3, -0.25) is 4.79 Å². The molecule has 9 heteroatoms. The van der Waals surface area contributed by atoms with Crippen molar-refractivity contribution in [2.75, 3.05) is 12.4 Å². The van der Waals surface area contributed by atoms with Crippen molar-refractivity contribution in [3.8, 4) is 5.75 Å². The smallest absolute Gasteiger partial charge is 0.469 e. The van der Waals surface area contributed by atoms with Gasteiger partial charge in [0.1, 0.15) is 5.75 Å². The van der Waals surface area contributed by atoms with Crippen LogP contribution in [0.2, 0.25) is 0 Å². The summed E-state index contributed by atoms with van der Waals surface area (Å²) in [5.41, 5.74) is 2.70. The van der Waals surface area contributed by atoms with Crippen LogP contribution in [-0.2, 0) is 16.0 Å². The molecule has 3 rings (SSSR count). The zero-order valence-electron chi connectivity index (χ0n) is 13.6. The van der Waals surface area contributed by atoms with Crippen LogP contribution >= 0.6 is 0 Å². The number of hydrogen-bond acceptors (Lipinski definition) is 5. The van der Waals surface area contributed by atoms with Crippen molar-refractivity contribution in [2.24, 2.45) is 0 Å². The van der Waals surface area contributed by atoms with E-state index in [1.165, 1.54) is 31.4 Å². The molecule has 6 nitrogen and oxygen atoms in total. The number of alkyl halides is 3. The average Bonchev–Trinajstić information content (AvgIpc) is 2.96. The summed E-state index contributed by atoms with van der Waals surface area (Å²) in [6, 6.07) is 10.6. The molecule has 26 heavy (non-hydrogen) atoms. The number of H-pyrrole nitrogens is 1. The van der Waals surface area contributed by atoms with Crippen molar-refractivity contribution in [1.29, 1.82) is 0 Å². The Kier molecular flexibility index (Phi) is 4.70. The number of fused-ring (bicyclic) bond motifs is 1. The molecule has 1 heterocycles. The summed E-state index contributed by atoms with van der Waals surface area (Å²) >= 11 is 0. The first-order chi connectivity index (χ1) is 12.3. The number of carbonyl (C=O) groups excluding carboxylic acids is 1. The summed E-state index contributed by atoms with van der Waals surface area (Å²) in [6.07, 6.45) is -4.58. The van der Waals surface area contributed by atoms with Crippen LogP contribution in [0.25, 0.3) is 11.0 Å². The van der Waals surface area contributed by atoms with Crippen LogP contribution in [0, 0.1) is 0 Å². The van der Waals surface area contributed by atoms with Gasteiger partial charge in [-0.1, -0.05) is 6.07 Å². The van der Waals surface area contributed by atoms with E-state index in [-0.39, 0.29) is 18.1 Å². The van der Waals surface area contributed by atoms with Gasteiger partial charge in [-0.25, -0.2) is 4.98 Å². The number of nitrogens with zero attached hydrogens (tertiary/aromatic N) is 1. The summed E-state index contributed by atoms with van der Waals surface area (Å²) in [6.45, 7) is 0. The second kappa shape index (κ2) is 6.95. The number of halogens is 3. The van der Waals surface area contributed by atoms with Gasteiger partial charge in [0.15, 0.2) is 0 Å². The van der Waals surface area contributed by atoms with Crippen molar-refractivity contribution >= 4 is 28.6 Å². The van der Waals surface area contributed by atoms with Gasteiger partial charge < -0.3 is 19.8 Å². The average molecular weight is 365 g/mol. The number of rotatable bonds is 5. The van der Waals surface area contributed by atoms with E-state index in [9.17, 15) is 18.0 Å². The fourth-order valence-electron chi connectivity index (χ4n) is 2.34. The molecular formula is C17H14F3N3O3. The largest absolute Gasteiger partial charge is 0.573 e. The monoisotopic (exact) mass is 365 g/mol. The van der Waals surface area contributed by atoms with Crippen molar-refractivity contribution in [3.63, 3.8) is 0 Å². The number of esters is 1. The van der Waals surface area contributed by atoms with Crippen LogP contribution in [-0.4, -0.2) is 29.4 Å². The minimum absolute atomic E-state index is 0.148. The summed E-state index contributed by atoms with van der Waals surface area (Å²) in [5.74, 6) is -0.233. The van der Waals surface area contributed by atoms with Crippen molar-refractivity contribution in [3.05, 3.63) is 48.0 Å². The number of aromatic amines is 1. The number of methoxy groups -OCH3 is 1.